The topological polar surface area (TPSA) is 102 Å². The lowest BCUT2D eigenvalue weighted by atomic mass is 10.1. The summed E-state index contributed by atoms with van der Waals surface area (Å²) in [6.45, 7) is 3.55. The zero-order chi connectivity index (χ0) is 21.1. The van der Waals surface area contributed by atoms with Crippen molar-refractivity contribution in [2.45, 2.75) is 24.7 Å². The number of nitrogens with one attached hydrogen (secondary N) is 2. The third-order valence-corrected chi connectivity index (χ3v) is 5.83. The summed E-state index contributed by atoms with van der Waals surface area (Å²) in [5, 5.41) is 5.42. The van der Waals surface area contributed by atoms with Gasteiger partial charge in [0.25, 0.3) is 5.91 Å². The highest BCUT2D eigenvalue weighted by Crippen LogP contribution is 2.16. The van der Waals surface area contributed by atoms with Gasteiger partial charge in [-0.05, 0) is 37.6 Å². The number of amides is 2. The largest absolute Gasteiger partial charge is 0.382 e. The fraction of sp³-hybridized carbons (Fsp3) is 0.333. The van der Waals surface area contributed by atoms with Crippen LogP contribution in [-0.2, 0) is 19.4 Å². The first-order valence-electron chi connectivity index (χ1n) is 9.46. The van der Waals surface area contributed by atoms with Gasteiger partial charge in [-0.25, -0.2) is 8.42 Å². The summed E-state index contributed by atoms with van der Waals surface area (Å²) in [7, 11) is -3.55. The molecule has 0 aliphatic rings. The number of hydrogen-bond donors (Lipinski definition) is 2. The number of hydrogen-bond acceptors (Lipinski definition) is 5. The lowest BCUT2D eigenvalue weighted by Gasteiger charge is -2.12. The highest BCUT2D eigenvalue weighted by molar-refractivity contribution is 7.91. The standard InChI is InChI=1S/C21H26N2O5S/c1-2-28-15-8-14-22-21(25)18-11-6-7-12-19(18)23-20(24)13-16-29(26,27)17-9-4-3-5-10-17/h3-7,9-12H,2,8,13-16H2,1H3,(H,22,25)(H,23,24). The van der Waals surface area contributed by atoms with Crippen LogP contribution in [0.3, 0.4) is 0 Å². The normalized spacial score (nSPS) is 11.1. The van der Waals surface area contributed by atoms with E-state index in [9.17, 15) is 18.0 Å². The highest BCUT2D eigenvalue weighted by atomic mass is 32.2. The maximum Gasteiger partial charge on any atom is 0.253 e. The van der Waals surface area contributed by atoms with Crippen molar-refractivity contribution in [3.05, 3.63) is 60.2 Å². The Hall–Kier alpha value is -2.71. The number of rotatable bonds is 11. The van der Waals surface area contributed by atoms with Gasteiger partial charge in [-0.1, -0.05) is 30.3 Å². The summed E-state index contributed by atoms with van der Waals surface area (Å²) in [5.74, 6) is -1.09. The summed E-state index contributed by atoms with van der Waals surface area (Å²) in [4.78, 5) is 24.8. The number of ether oxygens (including phenoxy) is 1. The summed E-state index contributed by atoms with van der Waals surface area (Å²) in [6.07, 6.45) is 0.479. The smallest absolute Gasteiger partial charge is 0.253 e. The molecular weight excluding hydrogens is 392 g/mol. The van der Waals surface area contributed by atoms with Crippen molar-refractivity contribution in [1.82, 2.24) is 5.32 Å². The van der Waals surface area contributed by atoms with E-state index < -0.39 is 15.7 Å². The Balaban J connectivity index is 1.92. The molecule has 2 aromatic rings. The van der Waals surface area contributed by atoms with Crippen LogP contribution in [0.1, 0.15) is 30.1 Å². The van der Waals surface area contributed by atoms with Gasteiger partial charge in [0.15, 0.2) is 9.84 Å². The van der Waals surface area contributed by atoms with Gasteiger partial charge in [-0.2, -0.15) is 0 Å². The second-order valence-electron chi connectivity index (χ2n) is 6.28. The van der Waals surface area contributed by atoms with Crippen molar-refractivity contribution in [2.24, 2.45) is 0 Å². The molecule has 2 rings (SSSR count). The van der Waals surface area contributed by atoms with Crippen LogP contribution in [-0.4, -0.2) is 45.7 Å². The molecule has 0 spiro atoms. The van der Waals surface area contributed by atoms with Crippen molar-refractivity contribution < 1.29 is 22.7 Å². The van der Waals surface area contributed by atoms with Gasteiger partial charge in [-0.3, -0.25) is 9.59 Å². The number of para-hydroxylation sites is 1. The van der Waals surface area contributed by atoms with Gasteiger partial charge >= 0.3 is 0 Å². The molecule has 0 radical (unpaired) electrons. The average molecular weight is 419 g/mol. The molecule has 0 aliphatic heterocycles. The molecule has 0 bridgehead atoms. The van der Waals surface area contributed by atoms with Crippen LogP contribution in [0, 0.1) is 0 Å². The maximum atomic E-state index is 12.4. The second kappa shape index (κ2) is 11.3. The van der Waals surface area contributed by atoms with Crippen LogP contribution in [0.5, 0.6) is 0 Å². The number of benzene rings is 2. The Bertz CT molecular complexity index is 914. The van der Waals surface area contributed by atoms with Crippen LogP contribution >= 0.6 is 0 Å². The van der Waals surface area contributed by atoms with Crippen molar-refractivity contribution in [1.29, 1.82) is 0 Å². The third-order valence-electron chi connectivity index (χ3n) is 4.10. The Morgan fingerprint density at radius 1 is 1.00 bits per heavy atom. The minimum Gasteiger partial charge on any atom is -0.382 e. The molecule has 0 saturated carbocycles. The number of carbonyl (C=O) groups is 2. The van der Waals surface area contributed by atoms with E-state index >= 15 is 0 Å². The van der Waals surface area contributed by atoms with E-state index in [1.54, 1.807) is 42.5 Å². The van der Waals surface area contributed by atoms with E-state index in [-0.39, 0.29) is 23.0 Å². The molecule has 0 atom stereocenters. The first kappa shape index (κ1) is 22.6. The molecule has 29 heavy (non-hydrogen) atoms. The predicted octanol–water partition coefficient (Wildman–Crippen LogP) is 2.65. The summed E-state index contributed by atoms with van der Waals surface area (Å²) in [6, 6.07) is 14.6. The second-order valence-corrected chi connectivity index (χ2v) is 8.39. The molecule has 7 nitrogen and oxygen atoms in total. The van der Waals surface area contributed by atoms with Crippen molar-refractivity contribution in [3.8, 4) is 0 Å². The molecular formula is C21H26N2O5S. The summed E-state index contributed by atoms with van der Waals surface area (Å²) >= 11 is 0. The zero-order valence-corrected chi connectivity index (χ0v) is 17.2. The Morgan fingerprint density at radius 3 is 2.41 bits per heavy atom. The Kier molecular flexibility index (Phi) is 8.82. The zero-order valence-electron chi connectivity index (χ0n) is 16.4. The lowest BCUT2D eigenvalue weighted by molar-refractivity contribution is -0.115. The molecule has 2 amide bonds. The van der Waals surface area contributed by atoms with E-state index in [1.807, 2.05) is 6.92 Å². The predicted molar refractivity (Wildman–Crippen MR) is 112 cm³/mol. The quantitative estimate of drug-likeness (QED) is 0.546. The van der Waals surface area contributed by atoms with Crippen LogP contribution in [0.15, 0.2) is 59.5 Å². The number of sulfone groups is 1. The van der Waals surface area contributed by atoms with Gasteiger partial charge in [0.1, 0.15) is 0 Å². The van der Waals surface area contributed by atoms with Crippen LogP contribution < -0.4 is 10.6 Å². The van der Waals surface area contributed by atoms with Crippen molar-refractivity contribution in [2.75, 3.05) is 30.8 Å². The fourth-order valence-corrected chi connectivity index (χ4v) is 3.85. The first-order valence-corrected chi connectivity index (χ1v) is 11.1. The van der Waals surface area contributed by atoms with Crippen molar-refractivity contribution in [3.63, 3.8) is 0 Å². The van der Waals surface area contributed by atoms with Crippen LogP contribution in [0.4, 0.5) is 5.69 Å². The van der Waals surface area contributed by atoms with E-state index in [1.165, 1.54) is 12.1 Å². The molecule has 0 aliphatic carbocycles. The van der Waals surface area contributed by atoms with Crippen LogP contribution in [0.25, 0.3) is 0 Å². The SMILES string of the molecule is CCOCCCNC(=O)c1ccccc1NC(=O)CCS(=O)(=O)c1ccccc1. The van der Waals surface area contributed by atoms with E-state index in [4.69, 9.17) is 4.74 Å². The summed E-state index contributed by atoms with van der Waals surface area (Å²) in [5.41, 5.74) is 0.667. The Morgan fingerprint density at radius 2 is 1.69 bits per heavy atom. The monoisotopic (exact) mass is 418 g/mol. The van der Waals surface area contributed by atoms with Gasteiger partial charge < -0.3 is 15.4 Å². The van der Waals surface area contributed by atoms with Gasteiger partial charge in [0.2, 0.25) is 5.91 Å². The number of carbonyl (C=O) groups excluding carboxylic acids is 2. The molecule has 2 aromatic carbocycles. The minimum atomic E-state index is -3.55. The number of anilines is 1. The van der Waals surface area contributed by atoms with Crippen LogP contribution in [0.2, 0.25) is 0 Å². The molecule has 2 N–H and O–H groups in total. The molecule has 156 valence electrons. The van der Waals surface area contributed by atoms with E-state index in [0.29, 0.717) is 37.4 Å². The van der Waals surface area contributed by atoms with E-state index in [2.05, 4.69) is 10.6 Å². The molecule has 0 aromatic heterocycles. The molecule has 0 unspecified atom stereocenters. The highest BCUT2D eigenvalue weighted by Gasteiger charge is 2.17. The third kappa shape index (κ3) is 7.32. The van der Waals surface area contributed by atoms with Crippen molar-refractivity contribution >= 4 is 27.3 Å². The molecule has 8 heteroatoms. The lowest BCUT2D eigenvalue weighted by Crippen LogP contribution is -2.27. The van der Waals surface area contributed by atoms with E-state index in [0.717, 1.165) is 0 Å². The molecule has 0 saturated heterocycles. The minimum absolute atomic E-state index is 0.180. The molecule has 0 fully saturated rings. The Labute approximate surface area is 171 Å². The maximum absolute atomic E-state index is 12.4. The fourth-order valence-electron chi connectivity index (χ4n) is 2.59. The van der Waals surface area contributed by atoms with Gasteiger partial charge in [0, 0.05) is 26.2 Å². The van der Waals surface area contributed by atoms with Gasteiger partial charge in [0.05, 0.1) is 21.9 Å². The first-order chi connectivity index (χ1) is 13.9. The molecule has 0 heterocycles. The summed E-state index contributed by atoms with van der Waals surface area (Å²) < 4.78 is 29.8. The van der Waals surface area contributed by atoms with Gasteiger partial charge in [-0.15, -0.1) is 0 Å². The average Bonchev–Trinajstić information content (AvgIpc) is 2.73.